The molecule has 2 aromatic rings. The summed E-state index contributed by atoms with van der Waals surface area (Å²) in [7, 11) is 0. The van der Waals surface area contributed by atoms with E-state index in [2.05, 4.69) is 10.3 Å². The third-order valence-corrected chi connectivity index (χ3v) is 6.26. The Labute approximate surface area is 193 Å². The zero-order valence-corrected chi connectivity index (χ0v) is 19.9. The fourth-order valence-electron chi connectivity index (χ4n) is 3.78. The van der Waals surface area contributed by atoms with Gasteiger partial charge in [0.25, 0.3) is 0 Å². The molecule has 1 aliphatic heterocycles. The fourth-order valence-corrected chi connectivity index (χ4v) is 4.78. The summed E-state index contributed by atoms with van der Waals surface area (Å²) in [4.78, 5) is 41.0. The number of esters is 1. The van der Waals surface area contributed by atoms with Crippen LogP contribution in [0.15, 0.2) is 18.3 Å². The normalized spacial score (nSPS) is 16.3. The molecule has 32 heavy (non-hydrogen) atoms. The molecule has 3 heterocycles. The van der Waals surface area contributed by atoms with E-state index in [1.54, 1.807) is 25.3 Å². The van der Waals surface area contributed by atoms with Gasteiger partial charge in [-0.15, -0.1) is 11.3 Å². The Kier molecular flexibility index (Phi) is 11.1. The fraction of sp³-hybridized carbons (Fsp3) is 0.565. The molecule has 2 aromatic heterocycles. The molecule has 1 saturated carbocycles. The lowest BCUT2D eigenvalue weighted by atomic mass is 9.94. The number of thiophene rings is 1. The monoisotopic (exact) mass is 463 g/mol. The molecular weight excluding hydrogens is 430 g/mol. The van der Waals surface area contributed by atoms with E-state index < -0.39 is 5.97 Å². The highest BCUT2D eigenvalue weighted by Gasteiger charge is 2.27. The van der Waals surface area contributed by atoms with Crippen LogP contribution in [-0.4, -0.2) is 60.6 Å². The number of ether oxygens (including phenoxy) is 2. The van der Waals surface area contributed by atoms with Crippen LogP contribution in [-0.2, 0) is 19.1 Å². The average Bonchev–Trinajstić information content (AvgIpc) is 3.21. The van der Waals surface area contributed by atoms with Crippen LogP contribution in [0.25, 0.3) is 10.2 Å². The molecule has 9 heteroatoms. The van der Waals surface area contributed by atoms with Crippen LogP contribution in [0.4, 0.5) is 5.69 Å². The van der Waals surface area contributed by atoms with E-state index in [0.717, 1.165) is 18.5 Å². The minimum Gasteiger partial charge on any atom is -0.462 e. The number of anilines is 1. The lowest BCUT2D eigenvalue weighted by Crippen LogP contribution is -2.48. The molecule has 1 N–H and O–H groups in total. The maximum Gasteiger partial charge on any atom is 0.350 e. The molecule has 2 fully saturated rings. The summed E-state index contributed by atoms with van der Waals surface area (Å²) in [5.41, 5.74) is 0.464. The van der Waals surface area contributed by atoms with Crippen molar-refractivity contribution in [1.82, 2.24) is 9.88 Å². The summed E-state index contributed by atoms with van der Waals surface area (Å²) in [5.74, 6) is -0.252. The Bertz CT molecular complexity index is 880. The summed E-state index contributed by atoms with van der Waals surface area (Å²) >= 11 is 1.20. The number of nitrogens with zero attached hydrogens (tertiary/aromatic N) is 2. The first-order valence-electron chi connectivity index (χ1n) is 11.3. The Morgan fingerprint density at radius 3 is 2.75 bits per heavy atom. The first-order valence-corrected chi connectivity index (χ1v) is 12.1. The number of morpholine rings is 1. The van der Waals surface area contributed by atoms with Gasteiger partial charge in [0.15, 0.2) is 0 Å². The quantitative estimate of drug-likeness (QED) is 0.526. The zero-order valence-electron chi connectivity index (χ0n) is 19.1. The van der Waals surface area contributed by atoms with Gasteiger partial charge in [-0.2, -0.15) is 0 Å². The van der Waals surface area contributed by atoms with E-state index in [4.69, 9.17) is 9.47 Å². The van der Waals surface area contributed by atoms with E-state index in [-0.39, 0.29) is 5.91 Å². The van der Waals surface area contributed by atoms with Gasteiger partial charge in [-0.3, -0.25) is 9.59 Å². The van der Waals surface area contributed by atoms with Gasteiger partial charge < -0.3 is 19.7 Å². The number of rotatable bonds is 5. The zero-order chi connectivity index (χ0) is 23.3. The van der Waals surface area contributed by atoms with E-state index in [1.165, 1.54) is 43.4 Å². The second kappa shape index (κ2) is 13.8. The first-order chi connectivity index (χ1) is 15.7. The van der Waals surface area contributed by atoms with Crippen molar-refractivity contribution in [1.29, 1.82) is 0 Å². The number of aromatic nitrogens is 1. The van der Waals surface area contributed by atoms with Gasteiger partial charge in [-0.1, -0.05) is 33.1 Å². The summed E-state index contributed by atoms with van der Waals surface area (Å²) in [6, 6.07) is 4.07. The summed E-state index contributed by atoms with van der Waals surface area (Å²) in [5, 5.41) is 3.27. The topological polar surface area (TPSA) is 97.8 Å². The van der Waals surface area contributed by atoms with Crippen molar-refractivity contribution in [3.8, 4) is 0 Å². The second-order valence-electron chi connectivity index (χ2n) is 7.08. The molecule has 1 saturated heterocycles. The van der Waals surface area contributed by atoms with Crippen molar-refractivity contribution in [3.05, 3.63) is 23.2 Å². The van der Waals surface area contributed by atoms with E-state index in [0.29, 0.717) is 41.1 Å². The standard InChI is InChI=1S/C11H10N2O3S.C10H17NO2.C2H6/c1-2-16-11(15)9-8(13-6-14)7-4-3-5-12-10(7)17-9;12-10-8-13-7-6-11(10)9-4-2-1-3-5-9;1-2/h3-6H,2H2,1H3,(H,13,14);9H,1-8H2;1-2H3. The van der Waals surface area contributed by atoms with Crippen LogP contribution >= 0.6 is 11.3 Å². The molecule has 8 nitrogen and oxygen atoms in total. The van der Waals surface area contributed by atoms with Gasteiger partial charge in [0.05, 0.1) is 18.9 Å². The van der Waals surface area contributed by atoms with E-state index >= 15 is 0 Å². The lowest BCUT2D eigenvalue weighted by molar-refractivity contribution is -0.146. The molecule has 0 radical (unpaired) electrons. The number of amides is 2. The number of carbonyl (C=O) groups excluding carboxylic acids is 3. The van der Waals surface area contributed by atoms with Crippen LogP contribution in [0.3, 0.4) is 0 Å². The number of carbonyl (C=O) groups is 3. The lowest BCUT2D eigenvalue weighted by Gasteiger charge is -2.36. The first kappa shape index (κ1) is 25.7. The second-order valence-corrected chi connectivity index (χ2v) is 8.08. The van der Waals surface area contributed by atoms with Crippen molar-refractivity contribution in [2.45, 2.75) is 58.9 Å². The predicted octanol–water partition coefficient (Wildman–Crippen LogP) is 4.25. The van der Waals surface area contributed by atoms with Gasteiger partial charge in [0.2, 0.25) is 12.3 Å². The summed E-state index contributed by atoms with van der Waals surface area (Å²) in [6.07, 6.45) is 8.49. The molecular formula is C23H33N3O5S. The highest BCUT2D eigenvalue weighted by molar-refractivity contribution is 7.21. The van der Waals surface area contributed by atoms with Gasteiger partial charge in [0, 0.05) is 24.2 Å². The Balaban J connectivity index is 0.000000217. The van der Waals surface area contributed by atoms with Crippen LogP contribution in [0, 0.1) is 0 Å². The molecule has 0 bridgehead atoms. The van der Waals surface area contributed by atoms with E-state index in [1.807, 2.05) is 18.7 Å². The average molecular weight is 464 g/mol. The number of hydrogen-bond donors (Lipinski definition) is 1. The Morgan fingerprint density at radius 1 is 1.34 bits per heavy atom. The van der Waals surface area contributed by atoms with Crippen molar-refractivity contribution in [3.63, 3.8) is 0 Å². The number of hydrogen-bond acceptors (Lipinski definition) is 7. The van der Waals surface area contributed by atoms with Crippen molar-refractivity contribution < 1.29 is 23.9 Å². The van der Waals surface area contributed by atoms with Crippen molar-refractivity contribution in [2.24, 2.45) is 0 Å². The molecule has 0 atom stereocenters. The number of pyridine rings is 1. The van der Waals surface area contributed by atoms with Crippen LogP contribution in [0.1, 0.15) is 62.5 Å². The van der Waals surface area contributed by atoms with E-state index in [9.17, 15) is 14.4 Å². The van der Waals surface area contributed by atoms with Crippen LogP contribution in [0.2, 0.25) is 0 Å². The van der Waals surface area contributed by atoms with Gasteiger partial charge in [-0.25, -0.2) is 9.78 Å². The number of nitrogens with one attached hydrogen (secondary N) is 1. The molecule has 0 aromatic carbocycles. The SMILES string of the molecule is CC.CCOC(=O)c1sc2ncccc2c1NC=O.O=C1COCCN1C1CCCCC1. The minimum absolute atomic E-state index is 0.193. The minimum atomic E-state index is -0.445. The molecule has 0 spiro atoms. The predicted molar refractivity (Wildman–Crippen MR) is 126 cm³/mol. The molecule has 176 valence electrons. The van der Waals surface area contributed by atoms with Crippen LogP contribution < -0.4 is 5.32 Å². The summed E-state index contributed by atoms with van der Waals surface area (Å²) in [6.45, 7) is 7.86. The molecule has 2 aliphatic rings. The van der Waals surface area contributed by atoms with Crippen molar-refractivity contribution in [2.75, 3.05) is 31.7 Å². The van der Waals surface area contributed by atoms with Crippen molar-refractivity contribution >= 4 is 45.5 Å². The third kappa shape index (κ3) is 6.74. The van der Waals surface area contributed by atoms with Gasteiger partial charge in [0.1, 0.15) is 16.3 Å². The Hall–Kier alpha value is -2.52. The highest BCUT2D eigenvalue weighted by atomic mass is 32.1. The highest BCUT2D eigenvalue weighted by Crippen LogP contribution is 2.34. The van der Waals surface area contributed by atoms with Gasteiger partial charge in [-0.05, 0) is 31.9 Å². The maximum atomic E-state index is 11.7. The summed E-state index contributed by atoms with van der Waals surface area (Å²) < 4.78 is 10.0. The van der Waals surface area contributed by atoms with Gasteiger partial charge >= 0.3 is 5.97 Å². The molecule has 4 rings (SSSR count). The molecule has 1 aliphatic carbocycles. The largest absolute Gasteiger partial charge is 0.462 e. The third-order valence-electron chi connectivity index (χ3n) is 5.17. The number of fused-ring (bicyclic) bond motifs is 1. The maximum absolute atomic E-state index is 11.7. The Morgan fingerprint density at radius 2 is 2.09 bits per heavy atom. The smallest absolute Gasteiger partial charge is 0.350 e. The molecule has 0 unspecified atom stereocenters. The molecule has 2 amide bonds. The van der Waals surface area contributed by atoms with Crippen LogP contribution in [0.5, 0.6) is 0 Å².